The maximum absolute atomic E-state index is 13.4. The number of anilines is 2. The number of hydrogen-bond donors (Lipinski definition) is 3. The number of nitrogens with zero attached hydrogens (tertiary/aromatic N) is 2. The second-order valence-corrected chi connectivity index (χ2v) is 11.0. The Morgan fingerprint density at radius 1 is 1.27 bits per heavy atom. The predicted molar refractivity (Wildman–Crippen MR) is 141 cm³/mol. The number of aliphatic hydroxyl groups excluding tert-OH is 1. The van der Waals surface area contributed by atoms with Gasteiger partial charge in [0.15, 0.2) is 5.75 Å². The number of methoxy groups -OCH3 is 1. The van der Waals surface area contributed by atoms with E-state index in [1.54, 1.807) is 62.4 Å². The Bertz CT molecular complexity index is 1220. The van der Waals surface area contributed by atoms with Gasteiger partial charge in [0.2, 0.25) is 10.0 Å². The molecule has 0 saturated heterocycles. The standard InChI is InChI=1S/C25H34N4O7S/c1-16-13-29(17(2)15-30)24(31)20-7-6-8-21(27-37(5,33)34)23(20)36-22(16)14-28(3)25(32)26-18-9-11-19(35-4)12-10-18/h6-12,16-17,22,27,30H,13-15H2,1-5H3,(H,26,32)/t16-,17-,22-/m0/s1. The van der Waals surface area contributed by atoms with Crippen molar-refractivity contribution in [3.8, 4) is 11.5 Å². The van der Waals surface area contributed by atoms with Crippen LogP contribution in [-0.2, 0) is 10.0 Å². The molecule has 0 radical (unpaired) electrons. The summed E-state index contributed by atoms with van der Waals surface area (Å²) in [4.78, 5) is 29.3. The van der Waals surface area contributed by atoms with Crippen molar-refractivity contribution >= 4 is 33.3 Å². The molecule has 0 aromatic heterocycles. The number of likely N-dealkylation sites (N-methyl/N-ethyl adjacent to an activating group) is 1. The Morgan fingerprint density at radius 2 is 1.95 bits per heavy atom. The van der Waals surface area contributed by atoms with Gasteiger partial charge in [0, 0.05) is 25.2 Å². The van der Waals surface area contributed by atoms with Crippen LogP contribution < -0.4 is 19.5 Å². The Kier molecular flexibility index (Phi) is 8.87. The molecule has 1 aliphatic heterocycles. The van der Waals surface area contributed by atoms with Crippen molar-refractivity contribution in [2.24, 2.45) is 5.92 Å². The van der Waals surface area contributed by atoms with Crippen molar-refractivity contribution in [3.05, 3.63) is 48.0 Å². The van der Waals surface area contributed by atoms with E-state index in [9.17, 15) is 23.1 Å². The molecule has 3 atom stereocenters. The van der Waals surface area contributed by atoms with E-state index < -0.39 is 22.2 Å². The van der Waals surface area contributed by atoms with Gasteiger partial charge in [-0.3, -0.25) is 9.52 Å². The van der Waals surface area contributed by atoms with Crippen LogP contribution in [0.3, 0.4) is 0 Å². The fourth-order valence-electron chi connectivity index (χ4n) is 3.99. The van der Waals surface area contributed by atoms with Crippen molar-refractivity contribution in [2.45, 2.75) is 26.0 Å². The highest BCUT2D eigenvalue weighted by Crippen LogP contribution is 2.35. The molecule has 0 bridgehead atoms. The first kappa shape index (κ1) is 28.1. The van der Waals surface area contributed by atoms with E-state index in [0.717, 1.165) is 6.26 Å². The van der Waals surface area contributed by atoms with Gasteiger partial charge in [-0.05, 0) is 43.3 Å². The van der Waals surface area contributed by atoms with Gasteiger partial charge < -0.3 is 29.7 Å². The number of amides is 3. The molecule has 2 aromatic carbocycles. The van der Waals surface area contributed by atoms with Crippen molar-refractivity contribution < 1.29 is 32.6 Å². The van der Waals surface area contributed by atoms with Crippen LogP contribution >= 0.6 is 0 Å². The molecule has 0 unspecified atom stereocenters. The van der Waals surface area contributed by atoms with Crippen LogP contribution in [-0.4, -0.2) is 87.5 Å². The highest BCUT2D eigenvalue weighted by Gasteiger charge is 2.35. The number of nitrogens with one attached hydrogen (secondary N) is 2. The molecular weight excluding hydrogens is 500 g/mol. The summed E-state index contributed by atoms with van der Waals surface area (Å²) in [5.41, 5.74) is 0.869. The first-order valence-electron chi connectivity index (χ1n) is 11.8. The first-order valence-corrected chi connectivity index (χ1v) is 13.7. The summed E-state index contributed by atoms with van der Waals surface area (Å²) in [5.74, 6) is 0.0864. The third-order valence-electron chi connectivity index (χ3n) is 6.13. The Morgan fingerprint density at radius 3 is 2.54 bits per heavy atom. The molecule has 0 saturated carbocycles. The Labute approximate surface area is 217 Å². The van der Waals surface area contributed by atoms with Crippen LogP contribution in [0.1, 0.15) is 24.2 Å². The van der Waals surface area contributed by atoms with Crippen LogP contribution in [0.15, 0.2) is 42.5 Å². The normalized spacial score (nSPS) is 18.5. The number of carbonyl (C=O) groups excluding carboxylic acids is 2. The van der Waals surface area contributed by atoms with Gasteiger partial charge in [0.25, 0.3) is 5.91 Å². The Hall–Kier alpha value is -3.51. The zero-order chi connectivity index (χ0) is 27.3. The summed E-state index contributed by atoms with van der Waals surface area (Å²) >= 11 is 0. The van der Waals surface area contributed by atoms with Crippen LogP contribution in [0.2, 0.25) is 0 Å². The second-order valence-electron chi connectivity index (χ2n) is 9.22. The molecule has 12 heteroatoms. The molecule has 2 aromatic rings. The summed E-state index contributed by atoms with van der Waals surface area (Å²) in [7, 11) is -0.492. The lowest BCUT2D eigenvalue weighted by Crippen LogP contribution is -2.50. The number of hydrogen-bond acceptors (Lipinski definition) is 7. The number of benzene rings is 2. The smallest absolute Gasteiger partial charge is 0.321 e. The monoisotopic (exact) mass is 534 g/mol. The van der Waals surface area contributed by atoms with E-state index in [1.807, 2.05) is 6.92 Å². The van der Waals surface area contributed by atoms with Crippen molar-refractivity contribution in [2.75, 3.05) is 50.1 Å². The van der Waals surface area contributed by atoms with Crippen LogP contribution in [0.4, 0.5) is 16.2 Å². The zero-order valence-corrected chi connectivity index (χ0v) is 22.4. The summed E-state index contributed by atoms with van der Waals surface area (Å²) in [5, 5.41) is 12.6. The molecule has 3 N–H and O–H groups in total. The quantitative estimate of drug-likeness (QED) is 0.473. The van der Waals surface area contributed by atoms with Gasteiger partial charge in [-0.15, -0.1) is 0 Å². The zero-order valence-electron chi connectivity index (χ0n) is 21.6. The first-order chi connectivity index (χ1) is 17.4. The summed E-state index contributed by atoms with van der Waals surface area (Å²) in [6.45, 7) is 3.77. The maximum Gasteiger partial charge on any atom is 0.321 e. The number of rotatable bonds is 8. The summed E-state index contributed by atoms with van der Waals surface area (Å²) in [6, 6.07) is 10.7. The summed E-state index contributed by atoms with van der Waals surface area (Å²) < 4.78 is 37.8. The lowest BCUT2D eigenvalue weighted by molar-refractivity contribution is 0.0373. The minimum atomic E-state index is -3.67. The SMILES string of the molecule is COc1ccc(NC(=O)N(C)C[C@@H]2Oc3c(NS(C)(=O)=O)cccc3C(=O)N([C@@H](C)CO)C[C@@H]2C)cc1. The number of urea groups is 1. The van der Waals surface area contributed by atoms with E-state index >= 15 is 0 Å². The molecule has 1 aliphatic rings. The predicted octanol–water partition coefficient (Wildman–Crippen LogP) is 2.45. The van der Waals surface area contributed by atoms with Gasteiger partial charge in [0.05, 0.1) is 43.8 Å². The number of para-hydroxylation sites is 1. The van der Waals surface area contributed by atoms with Crippen molar-refractivity contribution in [1.29, 1.82) is 0 Å². The molecular formula is C25H34N4O7S. The second kappa shape index (κ2) is 11.7. The van der Waals surface area contributed by atoms with Crippen molar-refractivity contribution in [3.63, 3.8) is 0 Å². The van der Waals surface area contributed by atoms with E-state index in [2.05, 4.69) is 10.0 Å². The number of carbonyl (C=O) groups is 2. The molecule has 0 fully saturated rings. The minimum Gasteiger partial charge on any atom is -0.497 e. The van der Waals surface area contributed by atoms with E-state index in [-0.39, 0.29) is 54.6 Å². The van der Waals surface area contributed by atoms with Crippen LogP contribution in [0, 0.1) is 5.92 Å². The number of sulfonamides is 1. The minimum absolute atomic E-state index is 0.0774. The van der Waals surface area contributed by atoms with E-state index in [4.69, 9.17) is 9.47 Å². The fourth-order valence-corrected chi connectivity index (χ4v) is 4.55. The van der Waals surface area contributed by atoms with E-state index in [1.165, 1.54) is 11.0 Å². The van der Waals surface area contributed by atoms with Crippen LogP contribution in [0.25, 0.3) is 0 Å². The number of fused-ring (bicyclic) bond motifs is 1. The molecule has 3 amide bonds. The maximum atomic E-state index is 13.4. The van der Waals surface area contributed by atoms with Crippen LogP contribution in [0.5, 0.6) is 11.5 Å². The summed E-state index contributed by atoms with van der Waals surface area (Å²) in [6.07, 6.45) is 0.406. The molecule has 11 nitrogen and oxygen atoms in total. The molecule has 0 aliphatic carbocycles. The van der Waals surface area contributed by atoms with Gasteiger partial charge in [0.1, 0.15) is 11.9 Å². The topological polar surface area (TPSA) is 138 Å². The molecule has 1 heterocycles. The molecule has 3 rings (SSSR count). The average molecular weight is 535 g/mol. The average Bonchev–Trinajstić information content (AvgIpc) is 2.85. The molecule has 0 spiro atoms. The number of ether oxygens (including phenoxy) is 2. The molecule has 202 valence electrons. The fraction of sp³-hybridized carbons (Fsp3) is 0.440. The van der Waals surface area contributed by atoms with Gasteiger partial charge in [-0.25, -0.2) is 13.2 Å². The van der Waals surface area contributed by atoms with Gasteiger partial charge >= 0.3 is 6.03 Å². The number of aliphatic hydroxyl groups is 1. The third kappa shape index (κ3) is 7.04. The highest BCUT2D eigenvalue weighted by atomic mass is 32.2. The third-order valence-corrected chi connectivity index (χ3v) is 6.72. The largest absolute Gasteiger partial charge is 0.497 e. The van der Waals surface area contributed by atoms with Crippen molar-refractivity contribution in [1.82, 2.24) is 9.80 Å². The lowest BCUT2D eigenvalue weighted by atomic mass is 9.99. The van der Waals surface area contributed by atoms with E-state index in [0.29, 0.717) is 11.4 Å². The van der Waals surface area contributed by atoms with Gasteiger partial charge in [-0.2, -0.15) is 0 Å². The molecule has 37 heavy (non-hydrogen) atoms. The highest BCUT2D eigenvalue weighted by molar-refractivity contribution is 7.92. The van der Waals surface area contributed by atoms with Gasteiger partial charge in [-0.1, -0.05) is 13.0 Å². The lowest BCUT2D eigenvalue weighted by Gasteiger charge is -2.38. The Balaban J connectivity index is 1.91.